The van der Waals surface area contributed by atoms with Gasteiger partial charge in [0.05, 0.1) is 31.0 Å². The van der Waals surface area contributed by atoms with Gasteiger partial charge in [-0.05, 0) is 18.2 Å². The number of nitrogens with one attached hydrogen (secondary N) is 1. The lowest BCUT2D eigenvalue weighted by Gasteiger charge is -2.16. The van der Waals surface area contributed by atoms with Crippen molar-refractivity contribution in [3.63, 3.8) is 0 Å². The number of hydrogen-bond acceptors (Lipinski definition) is 7. The molecule has 1 saturated heterocycles. The van der Waals surface area contributed by atoms with E-state index in [9.17, 15) is 0 Å². The van der Waals surface area contributed by atoms with Crippen LogP contribution in [-0.2, 0) is 4.74 Å². The van der Waals surface area contributed by atoms with Crippen molar-refractivity contribution in [2.24, 2.45) is 5.92 Å². The maximum Gasteiger partial charge on any atom is 0.242 e. The number of pyridine rings is 1. The van der Waals surface area contributed by atoms with E-state index in [4.69, 9.17) is 14.5 Å². The molecule has 0 amide bonds. The lowest BCUT2D eigenvalue weighted by atomic mass is 10.1. The summed E-state index contributed by atoms with van der Waals surface area (Å²) in [6.07, 6.45) is 3.35. The summed E-state index contributed by atoms with van der Waals surface area (Å²) in [7, 11) is 4.05. The van der Waals surface area contributed by atoms with E-state index in [1.54, 1.807) is 12.4 Å². The molecule has 0 bridgehead atoms. The highest BCUT2D eigenvalue weighted by Gasteiger charge is 2.16. The number of rotatable bonds is 5. The molecule has 7 heteroatoms. The van der Waals surface area contributed by atoms with Crippen LogP contribution in [0, 0.1) is 5.92 Å². The molecule has 0 saturated carbocycles. The van der Waals surface area contributed by atoms with Crippen molar-refractivity contribution in [2.45, 2.75) is 0 Å². The van der Waals surface area contributed by atoms with Gasteiger partial charge in [-0.25, -0.2) is 9.97 Å². The second kappa shape index (κ2) is 8.50. The average molecular weight is 379 g/mol. The number of nitrogens with zero attached hydrogens (tertiary/aromatic N) is 4. The smallest absolute Gasteiger partial charge is 0.242 e. The van der Waals surface area contributed by atoms with Crippen molar-refractivity contribution in [3.8, 4) is 17.1 Å². The van der Waals surface area contributed by atoms with E-state index in [1.165, 1.54) is 0 Å². The van der Waals surface area contributed by atoms with Crippen molar-refractivity contribution in [2.75, 3.05) is 51.9 Å². The molecule has 1 N–H and O–H groups in total. The summed E-state index contributed by atoms with van der Waals surface area (Å²) < 4.78 is 11.7. The predicted octanol–water partition coefficient (Wildman–Crippen LogP) is 2.37. The minimum atomic E-state index is 0.277. The number of fused-ring (bicyclic) bond motifs is 1. The maximum absolute atomic E-state index is 6.10. The Kier molecular flexibility index (Phi) is 5.64. The Morgan fingerprint density at radius 1 is 1.18 bits per heavy atom. The van der Waals surface area contributed by atoms with Gasteiger partial charge in [-0.15, -0.1) is 0 Å². The highest BCUT2D eigenvalue weighted by Crippen LogP contribution is 2.28. The highest BCUT2D eigenvalue weighted by molar-refractivity contribution is 5.83. The van der Waals surface area contributed by atoms with E-state index >= 15 is 0 Å². The molecule has 1 aliphatic heterocycles. The molecule has 3 aromatic rings. The standard InChI is InChI=1S/C21H25N5O2/c1-26(2)17-5-3-16(4-6-17)18-11-19-20(24-8-7-23-19)21(25-18)28-14-15-12-22-9-10-27-13-15/h3-8,11,15,22H,9-10,12-14H2,1-2H3. The van der Waals surface area contributed by atoms with E-state index in [-0.39, 0.29) is 5.92 Å². The first-order valence-corrected chi connectivity index (χ1v) is 9.51. The Morgan fingerprint density at radius 3 is 2.82 bits per heavy atom. The molecule has 2 aromatic heterocycles. The second-order valence-electron chi connectivity index (χ2n) is 7.13. The van der Waals surface area contributed by atoms with E-state index in [0.717, 1.165) is 42.2 Å². The van der Waals surface area contributed by atoms with Gasteiger partial charge in [0.2, 0.25) is 5.88 Å². The number of anilines is 1. The summed E-state index contributed by atoms with van der Waals surface area (Å²) in [5.41, 5.74) is 4.43. The zero-order chi connectivity index (χ0) is 19.3. The zero-order valence-corrected chi connectivity index (χ0v) is 16.3. The Morgan fingerprint density at radius 2 is 2.00 bits per heavy atom. The molecule has 0 radical (unpaired) electrons. The molecule has 4 rings (SSSR count). The molecule has 0 aliphatic carbocycles. The molecule has 1 aliphatic rings. The Hall–Kier alpha value is -2.77. The molecule has 1 fully saturated rings. The zero-order valence-electron chi connectivity index (χ0n) is 16.3. The Labute approximate surface area is 164 Å². The summed E-state index contributed by atoms with van der Waals surface area (Å²) in [4.78, 5) is 15.7. The molecule has 1 aromatic carbocycles. The van der Waals surface area contributed by atoms with Crippen molar-refractivity contribution in [1.82, 2.24) is 20.3 Å². The van der Waals surface area contributed by atoms with E-state index in [1.807, 2.05) is 20.2 Å². The van der Waals surface area contributed by atoms with Gasteiger partial charge in [-0.1, -0.05) is 12.1 Å². The van der Waals surface area contributed by atoms with Crippen LogP contribution in [0.25, 0.3) is 22.3 Å². The first-order valence-electron chi connectivity index (χ1n) is 9.51. The number of aromatic nitrogens is 3. The van der Waals surface area contributed by atoms with E-state index in [0.29, 0.717) is 24.6 Å². The highest BCUT2D eigenvalue weighted by atomic mass is 16.5. The van der Waals surface area contributed by atoms with Crippen LogP contribution in [0.1, 0.15) is 0 Å². The largest absolute Gasteiger partial charge is 0.476 e. The molecular weight excluding hydrogens is 354 g/mol. The van der Waals surface area contributed by atoms with Gasteiger partial charge in [0.25, 0.3) is 0 Å². The second-order valence-corrected chi connectivity index (χ2v) is 7.13. The third kappa shape index (κ3) is 4.21. The van der Waals surface area contributed by atoms with E-state index in [2.05, 4.69) is 44.5 Å². The predicted molar refractivity (Wildman–Crippen MR) is 110 cm³/mol. The van der Waals surface area contributed by atoms with Gasteiger partial charge < -0.3 is 19.7 Å². The van der Waals surface area contributed by atoms with Crippen LogP contribution in [0.4, 0.5) is 5.69 Å². The van der Waals surface area contributed by atoms with Crippen LogP contribution in [0.3, 0.4) is 0 Å². The summed E-state index contributed by atoms with van der Waals surface area (Å²) in [6, 6.07) is 10.2. The van der Waals surface area contributed by atoms with Crippen molar-refractivity contribution in [1.29, 1.82) is 0 Å². The van der Waals surface area contributed by atoms with Crippen molar-refractivity contribution < 1.29 is 9.47 Å². The Balaban J connectivity index is 1.63. The van der Waals surface area contributed by atoms with Crippen molar-refractivity contribution in [3.05, 3.63) is 42.7 Å². The summed E-state index contributed by atoms with van der Waals surface area (Å²) >= 11 is 0. The summed E-state index contributed by atoms with van der Waals surface area (Å²) in [5, 5.41) is 3.36. The lowest BCUT2D eigenvalue weighted by molar-refractivity contribution is 0.101. The van der Waals surface area contributed by atoms with Crippen LogP contribution in [0.5, 0.6) is 5.88 Å². The average Bonchev–Trinajstić information content (AvgIpc) is 3.01. The van der Waals surface area contributed by atoms with Gasteiger partial charge >= 0.3 is 0 Å². The first kappa shape index (κ1) is 18.6. The van der Waals surface area contributed by atoms with Crippen LogP contribution >= 0.6 is 0 Å². The molecular formula is C21H25N5O2. The summed E-state index contributed by atoms with van der Waals surface area (Å²) in [6.45, 7) is 3.69. The van der Waals surface area contributed by atoms with E-state index < -0.39 is 0 Å². The maximum atomic E-state index is 6.10. The SMILES string of the molecule is CN(C)c1ccc(-c2cc3nccnc3c(OCC3CNCCOC3)n2)cc1. The Bertz CT molecular complexity index is 922. The summed E-state index contributed by atoms with van der Waals surface area (Å²) in [5.74, 6) is 0.792. The normalized spacial score (nSPS) is 17.3. The van der Waals surface area contributed by atoms with Gasteiger partial charge in [-0.2, -0.15) is 0 Å². The van der Waals surface area contributed by atoms with Crippen molar-refractivity contribution >= 4 is 16.7 Å². The monoisotopic (exact) mass is 379 g/mol. The fourth-order valence-electron chi connectivity index (χ4n) is 3.19. The van der Waals surface area contributed by atoms with Crippen LogP contribution in [-0.4, -0.2) is 62.0 Å². The third-order valence-electron chi connectivity index (χ3n) is 4.77. The topological polar surface area (TPSA) is 72.4 Å². The van der Waals surface area contributed by atoms with Crippen LogP contribution in [0.2, 0.25) is 0 Å². The quantitative estimate of drug-likeness (QED) is 0.730. The molecule has 28 heavy (non-hydrogen) atoms. The number of hydrogen-bond donors (Lipinski definition) is 1. The number of ether oxygens (including phenoxy) is 2. The fraction of sp³-hybridized carbons (Fsp3) is 0.381. The van der Waals surface area contributed by atoms with Gasteiger partial charge in [0.1, 0.15) is 0 Å². The molecule has 3 heterocycles. The minimum absolute atomic E-state index is 0.277. The number of benzene rings is 1. The third-order valence-corrected chi connectivity index (χ3v) is 4.77. The van der Waals surface area contributed by atoms with Gasteiger partial charge in [0.15, 0.2) is 5.52 Å². The van der Waals surface area contributed by atoms with Crippen LogP contribution < -0.4 is 15.0 Å². The van der Waals surface area contributed by atoms with Gasteiger partial charge in [0, 0.05) is 56.7 Å². The molecule has 146 valence electrons. The van der Waals surface area contributed by atoms with Gasteiger partial charge in [-0.3, -0.25) is 4.98 Å². The minimum Gasteiger partial charge on any atom is -0.476 e. The fourth-order valence-corrected chi connectivity index (χ4v) is 3.19. The molecule has 1 atom stereocenters. The lowest BCUT2D eigenvalue weighted by Crippen LogP contribution is -2.27. The first-order chi connectivity index (χ1) is 13.7. The molecule has 7 nitrogen and oxygen atoms in total. The molecule has 0 spiro atoms. The molecule has 1 unspecified atom stereocenters. The van der Waals surface area contributed by atoms with Crippen LogP contribution in [0.15, 0.2) is 42.7 Å².